The molecule has 0 fully saturated rings. The predicted molar refractivity (Wildman–Crippen MR) is 53.2 cm³/mol. The zero-order valence-corrected chi connectivity index (χ0v) is 9.05. The summed E-state index contributed by atoms with van der Waals surface area (Å²) in [5.41, 5.74) is -3.12. The summed E-state index contributed by atoms with van der Waals surface area (Å²) >= 11 is 5.67. The molecule has 2 atom stereocenters. The lowest BCUT2D eigenvalue weighted by Crippen LogP contribution is -2.43. The summed E-state index contributed by atoms with van der Waals surface area (Å²) in [5.74, 6) is 0. The molecule has 0 spiro atoms. The fraction of sp³-hybridized carbons (Fsp3) is 0.400. The fourth-order valence-electron chi connectivity index (χ4n) is 1.21. The van der Waals surface area contributed by atoms with E-state index in [9.17, 15) is 18.3 Å². The Labute approximate surface area is 95.3 Å². The number of benzene rings is 1. The van der Waals surface area contributed by atoms with Crippen LogP contribution in [0.1, 0.15) is 11.1 Å². The molecule has 0 aromatic heterocycles. The molecule has 16 heavy (non-hydrogen) atoms. The normalized spacial score (nSPS) is 17.2. The highest BCUT2D eigenvalue weighted by Crippen LogP contribution is 2.34. The maximum absolute atomic E-state index is 12.7. The van der Waals surface area contributed by atoms with Gasteiger partial charge in [0.2, 0.25) is 12.0 Å². The van der Waals surface area contributed by atoms with E-state index in [4.69, 9.17) is 16.7 Å². The number of aliphatic hydroxyl groups is 2. The Balaban J connectivity index is 3.27. The van der Waals surface area contributed by atoms with Gasteiger partial charge < -0.3 is 10.2 Å². The molecule has 6 heteroatoms. The number of halogens is 4. The standard InChI is InChI=1S/C10H10ClF3O2/c1-5-2-3-6(4-7(5)11)10(16,8(12)13)9(14)15/h2-4,8-9,15-16H,1H3. The minimum atomic E-state index is -3.47. The summed E-state index contributed by atoms with van der Waals surface area (Å²) < 4.78 is 37.8. The molecule has 2 nitrogen and oxygen atoms in total. The van der Waals surface area contributed by atoms with Gasteiger partial charge in [-0.3, -0.25) is 0 Å². The number of alkyl halides is 3. The van der Waals surface area contributed by atoms with Crippen LogP contribution in [0.15, 0.2) is 18.2 Å². The van der Waals surface area contributed by atoms with Gasteiger partial charge in [-0.25, -0.2) is 13.2 Å². The second-order valence-electron chi connectivity index (χ2n) is 3.43. The Bertz CT molecular complexity index is 374. The fourth-order valence-corrected chi connectivity index (χ4v) is 1.39. The highest BCUT2D eigenvalue weighted by atomic mass is 35.5. The average molecular weight is 255 g/mol. The van der Waals surface area contributed by atoms with Crippen molar-refractivity contribution in [1.82, 2.24) is 0 Å². The van der Waals surface area contributed by atoms with Gasteiger partial charge in [0, 0.05) is 5.02 Å². The van der Waals surface area contributed by atoms with E-state index in [0.29, 0.717) is 5.56 Å². The van der Waals surface area contributed by atoms with E-state index in [1.54, 1.807) is 6.92 Å². The van der Waals surface area contributed by atoms with Crippen molar-refractivity contribution < 1.29 is 23.4 Å². The van der Waals surface area contributed by atoms with Gasteiger partial charge in [-0.05, 0) is 24.1 Å². The van der Waals surface area contributed by atoms with E-state index in [2.05, 4.69) is 0 Å². The SMILES string of the molecule is Cc1ccc(C(O)(C(O)F)C(F)F)cc1Cl. The number of hydrogen-bond acceptors (Lipinski definition) is 2. The van der Waals surface area contributed by atoms with Gasteiger partial charge in [0.25, 0.3) is 6.43 Å². The van der Waals surface area contributed by atoms with Crippen LogP contribution in [0, 0.1) is 6.92 Å². The second-order valence-corrected chi connectivity index (χ2v) is 3.83. The quantitative estimate of drug-likeness (QED) is 0.870. The highest BCUT2D eigenvalue weighted by Gasteiger charge is 2.47. The lowest BCUT2D eigenvalue weighted by molar-refractivity contribution is -0.211. The van der Waals surface area contributed by atoms with Crippen LogP contribution in [0.2, 0.25) is 5.02 Å². The Morgan fingerprint density at radius 1 is 1.31 bits per heavy atom. The van der Waals surface area contributed by atoms with Crippen LogP contribution in [0.5, 0.6) is 0 Å². The summed E-state index contributed by atoms with van der Waals surface area (Å²) in [5, 5.41) is 18.1. The topological polar surface area (TPSA) is 40.5 Å². The van der Waals surface area contributed by atoms with E-state index in [0.717, 1.165) is 12.1 Å². The van der Waals surface area contributed by atoms with Crippen LogP contribution >= 0.6 is 11.6 Å². The minimum Gasteiger partial charge on any atom is -0.375 e. The number of rotatable bonds is 3. The summed E-state index contributed by atoms with van der Waals surface area (Å²) in [6.45, 7) is 1.62. The van der Waals surface area contributed by atoms with Crippen molar-refractivity contribution >= 4 is 11.6 Å². The first-order chi connectivity index (χ1) is 7.30. The third kappa shape index (κ3) is 2.16. The molecule has 1 aromatic carbocycles. The third-order valence-corrected chi connectivity index (χ3v) is 2.74. The van der Waals surface area contributed by atoms with Crippen LogP contribution in [-0.4, -0.2) is 23.0 Å². The van der Waals surface area contributed by atoms with E-state index in [1.807, 2.05) is 0 Å². The van der Waals surface area contributed by atoms with Crippen LogP contribution in [-0.2, 0) is 5.60 Å². The Morgan fingerprint density at radius 2 is 1.88 bits per heavy atom. The van der Waals surface area contributed by atoms with Crippen LogP contribution in [0.25, 0.3) is 0 Å². The van der Waals surface area contributed by atoms with Crippen LogP contribution in [0.4, 0.5) is 13.2 Å². The average Bonchev–Trinajstić information content (AvgIpc) is 2.20. The molecule has 0 amide bonds. The summed E-state index contributed by atoms with van der Waals surface area (Å²) in [7, 11) is 0. The molecule has 1 aromatic rings. The number of hydrogen-bond donors (Lipinski definition) is 2. The van der Waals surface area contributed by atoms with Crippen molar-refractivity contribution in [3.8, 4) is 0 Å². The molecule has 90 valence electrons. The molecule has 0 aliphatic carbocycles. The molecule has 0 aliphatic heterocycles. The number of aliphatic hydroxyl groups excluding tert-OH is 1. The van der Waals surface area contributed by atoms with Crippen molar-refractivity contribution in [3.63, 3.8) is 0 Å². The maximum Gasteiger partial charge on any atom is 0.276 e. The smallest absolute Gasteiger partial charge is 0.276 e. The molecule has 2 unspecified atom stereocenters. The van der Waals surface area contributed by atoms with Gasteiger partial charge >= 0.3 is 0 Å². The molecule has 0 aliphatic rings. The summed E-state index contributed by atoms with van der Waals surface area (Å²) in [6.07, 6.45) is -6.56. The molecule has 0 bridgehead atoms. The molecule has 0 saturated carbocycles. The van der Waals surface area contributed by atoms with Crippen molar-refractivity contribution in [1.29, 1.82) is 0 Å². The first-order valence-electron chi connectivity index (χ1n) is 4.39. The van der Waals surface area contributed by atoms with Crippen molar-refractivity contribution in [2.24, 2.45) is 0 Å². The largest absolute Gasteiger partial charge is 0.375 e. The van der Waals surface area contributed by atoms with Gasteiger partial charge in [0.1, 0.15) is 0 Å². The van der Waals surface area contributed by atoms with Gasteiger partial charge in [0.15, 0.2) is 0 Å². The molecular formula is C10H10ClF3O2. The van der Waals surface area contributed by atoms with E-state index < -0.39 is 23.9 Å². The van der Waals surface area contributed by atoms with Crippen molar-refractivity contribution in [2.45, 2.75) is 25.3 Å². The second kappa shape index (κ2) is 4.61. The molecule has 0 radical (unpaired) electrons. The zero-order valence-electron chi connectivity index (χ0n) is 8.29. The van der Waals surface area contributed by atoms with Gasteiger partial charge in [-0.1, -0.05) is 23.7 Å². The van der Waals surface area contributed by atoms with E-state index in [1.165, 1.54) is 6.07 Å². The van der Waals surface area contributed by atoms with E-state index in [-0.39, 0.29) is 5.02 Å². The minimum absolute atomic E-state index is 0.109. The van der Waals surface area contributed by atoms with Gasteiger partial charge in [-0.2, -0.15) is 0 Å². The maximum atomic E-state index is 12.7. The highest BCUT2D eigenvalue weighted by molar-refractivity contribution is 6.31. The Kier molecular flexibility index (Phi) is 3.83. The monoisotopic (exact) mass is 254 g/mol. The Morgan fingerprint density at radius 3 is 2.25 bits per heavy atom. The first-order valence-corrected chi connectivity index (χ1v) is 4.77. The van der Waals surface area contributed by atoms with Gasteiger partial charge in [-0.15, -0.1) is 0 Å². The lowest BCUT2D eigenvalue weighted by atomic mass is 9.93. The van der Waals surface area contributed by atoms with Crippen molar-refractivity contribution in [3.05, 3.63) is 34.3 Å². The van der Waals surface area contributed by atoms with Crippen LogP contribution < -0.4 is 0 Å². The number of aryl methyl sites for hydroxylation is 1. The predicted octanol–water partition coefficient (Wildman–Crippen LogP) is 2.39. The first kappa shape index (κ1) is 13.3. The zero-order chi connectivity index (χ0) is 12.5. The molecule has 0 saturated heterocycles. The van der Waals surface area contributed by atoms with Crippen LogP contribution in [0.3, 0.4) is 0 Å². The molecular weight excluding hydrogens is 245 g/mol. The third-order valence-electron chi connectivity index (χ3n) is 2.33. The Hall–Kier alpha value is -0.780. The lowest BCUT2D eigenvalue weighted by Gasteiger charge is -2.28. The molecule has 1 rings (SSSR count). The molecule has 0 heterocycles. The summed E-state index contributed by atoms with van der Waals surface area (Å²) in [4.78, 5) is 0. The summed E-state index contributed by atoms with van der Waals surface area (Å²) in [6, 6.07) is 3.45. The van der Waals surface area contributed by atoms with Crippen molar-refractivity contribution in [2.75, 3.05) is 0 Å². The molecule has 2 N–H and O–H groups in total. The van der Waals surface area contributed by atoms with Gasteiger partial charge in [0.05, 0.1) is 0 Å². The van der Waals surface area contributed by atoms with E-state index >= 15 is 0 Å².